The lowest BCUT2D eigenvalue weighted by molar-refractivity contribution is -0.154. The van der Waals surface area contributed by atoms with Gasteiger partial charge in [-0.2, -0.15) is 13.2 Å². The molecule has 0 aliphatic heterocycles. The van der Waals surface area contributed by atoms with Crippen molar-refractivity contribution in [1.82, 2.24) is 0 Å². The zero-order valence-corrected chi connectivity index (χ0v) is 20.5. The summed E-state index contributed by atoms with van der Waals surface area (Å²) in [5.41, 5.74) is -0.478. The number of fused-ring (bicyclic) bond motifs is 1. The summed E-state index contributed by atoms with van der Waals surface area (Å²) in [5.74, 6) is -0.500. The molecule has 0 N–H and O–H groups in total. The van der Waals surface area contributed by atoms with Crippen LogP contribution in [-0.4, -0.2) is 7.11 Å². The number of ether oxygens (including phenoxy) is 4. The first-order chi connectivity index (χ1) is 18.8. The highest BCUT2D eigenvalue weighted by atomic mass is 19.4. The van der Waals surface area contributed by atoms with E-state index >= 15 is 0 Å². The average molecular weight is 534 g/mol. The highest BCUT2D eigenvalue weighted by Crippen LogP contribution is 2.39. The van der Waals surface area contributed by atoms with Gasteiger partial charge in [0, 0.05) is 6.07 Å². The predicted octanol–water partition coefficient (Wildman–Crippen LogP) is 7.98. The van der Waals surface area contributed by atoms with Crippen molar-refractivity contribution < 1.29 is 36.5 Å². The topological polar surface area (TPSA) is 67.1 Å². The third-order valence-corrected chi connectivity index (χ3v) is 5.64. The summed E-state index contributed by atoms with van der Waals surface area (Å²) >= 11 is 0. The van der Waals surface area contributed by atoms with Gasteiger partial charge in [-0.25, -0.2) is 0 Å². The van der Waals surface area contributed by atoms with E-state index in [-0.39, 0.29) is 29.1 Å². The van der Waals surface area contributed by atoms with E-state index in [4.69, 9.17) is 23.4 Å². The molecule has 1 heterocycles. The maximum atomic E-state index is 13.9. The fraction of sp³-hybridized carbons (Fsp3) is 0.100. The van der Waals surface area contributed by atoms with Gasteiger partial charge in [-0.05, 0) is 66.2 Å². The molecule has 6 nitrogen and oxygen atoms in total. The first kappa shape index (κ1) is 25.7. The van der Waals surface area contributed by atoms with Crippen molar-refractivity contribution in [2.24, 2.45) is 0 Å². The Balaban J connectivity index is 1.39. The number of benzene rings is 4. The van der Waals surface area contributed by atoms with E-state index in [1.54, 1.807) is 18.2 Å². The number of hydrogen-bond acceptors (Lipinski definition) is 6. The monoisotopic (exact) mass is 534 g/mol. The highest BCUT2D eigenvalue weighted by molar-refractivity contribution is 5.79. The summed E-state index contributed by atoms with van der Waals surface area (Å²) in [6.07, 6.45) is -4.98. The Kier molecular flexibility index (Phi) is 7.14. The van der Waals surface area contributed by atoms with E-state index in [2.05, 4.69) is 0 Å². The Morgan fingerprint density at radius 3 is 2.10 bits per heavy atom. The number of rotatable bonds is 8. The fourth-order valence-electron chi connectivity index (χ4n) is 3.78. The Hall–Kier alpha value is -4.92. The highest BCUT2D eigenvalue weighted by Gasteiger charge is 2.40. The lowest BCUT2D eigenvalue weighted by Crippen LogP contribution is -2.15. The minimum absolute atomic E-state index is 0.0198. The lowest BCUT2D eigenvalue weighted by atomic mass is 10.2. The zero-order chi connectivity index (χ0) is 27.4. The van der Waals surface area contributed by atoms with Crippen LogP contribution in [0, 0.1) is 0 Å². The van der Waals surface area contributed by atoms with E-state index in [9.17, 15) is 18.0 Å². The van der Waals surface area contributed by atoms with Crippen LogP contribution >= 0.6 is 0 Å². The van der Waals surface area contributed by atoms with E-state index in [1.807, 2.05) is 36.4 Å². The van der Waals surface area contributed by atoms with Crippen LogP contribution in [0.4, 0.5) is 13.2 Å². The molecule has 9 heteroatoms. The van der Waals surface area contributed by atoms with Crippen molar-refractivity contribution >= 4 is 11.0 Å². The van der Waals surface area contributed by atoms with E-state index in [1.165, 1.54) is 49.6 Å². The smallest absolute Gasteiger partial charge is 0.453 e. The van der Waals surface area contributed by atoms with Gasteiger partial charge >= 0.3 is 6.18 Å². The van der Waals surface area contributed by atoms with Gasteiger partial charge in [0.1, 0.15) is 40.9 Å². The molecule has 0 fully saturated rings. The summed E-state index contributed by atoms with van der Waals surface area (Å²) in [4.78, 5) is 13.0. The lowest BCUT2D eigenvalue weighted by Gasteiger charge is -2.14. The van der Waals surface area contributed by atoms with Gasteiger partial charge < -0.3 is 23.4 Å². The molecule has 0 saturated carbocycles. The predicted molar refractivity (Wildman–Crippen MR) is 138 cm³/mol. The molecule has 0 unspecified atom stereocenters. The Labute approximate surface area is 220 Å². The summed E-state index contributed by atoms with van der Waals surface area (Å²) in [6, 6.07) is 26.3. The number of methoxy groups -OCH3 is 1. The van der Waals surface area contributed by atoms with Gasteiger partial charge in [0.05, 0.1) is 12.5 Å². The molecule has 198 valence electrons. The maximum absolute atomic E-state index is 13.9. The quantitative estimate of drug-likeness (QED) is 0.201. The molecule has 0 saturated heterocycles. The Morgan fingerprint density at radius 2 is 1.38 bits per heavy atom. The van der Waals surface area contributed by atoms with Crippen LogP contribution in [0.15, 0.2) is 106 Å². The first-order valence-corrected chi connectivity index (χ1v) is 11.7. The van der Waals surface area contributed by atoms with Gasteiger partial charge in [0.2, 0.25) is 11.2 Å². The Morgan fingerprint density at radius 1 is 0.718 bits per heavy atom. The molecule has 5 rings (SSSR count). The first-order valence-electron chi connectivity index (χ1n) is 11.7. The zero-order valence-electron chi connectivity index (χ0n) is 20.5. The third-order valence-electron chi connectivity index (χ3n) is 5.64. The number of alkyl halides is 3. The standard InChI is InChI=1S/C30H21F3O6/c1-35-20-10-12-22(13-11-20)38-28-27(34)25-15-14-23(17-26(25)39-29(28)30(31,32)33)36-18-19-6-5-9-24(16-19)37-21-7-3-2-4-8-21/h2-17H,18H2,1H3. The van der Waals surface area contributed by atoms with Crippen LogP contribution in [0.1, 0.15) is 11.3 Å². The maximum Gasteiger partial charge on any atom is 0.453 e. The van der Waals surface area contributed by atoms with Crippen LogP contribution in [0.3, 0.4) is 0 Å². The van der Waals surface area contributed by atoms with E-state index in [0.717, 1.165) is 5.56 Å². The second-order valence-electron chi connectivity index (χ2n) is 8.37. The summed E-state index contributed by atoms with van der Waals surface area (Å²) in [5, 5.41) is -0.0860. The summed E-state index contributed by atoms with van der Waals surface area (Å²) in [6.45, 7) is 0.104. The molecule has 0 aliphatic rings. The van der Waals surface area contributed by atoms with E-state index < -0.39 is 23.1 Å². The van der Waals surface area contributed by atoms with Crippen LogP contribution in [-0.2, 0) is 12.8 Å². The molecule has 0 aliphatic carbocycles. The second-order valence-corrected chi connectivity index (χ2v) is 8.37. The molecule has 4 aromatic carbocycles. The van der Waals surface area contributed by atoms with Crippen molar-refractivity contribution in [1.29, 1.82) is 0 Å². The molecule has 39 heavy (non-hydrogen) atoms. The molecule has 0 atom stereocenters. The largest absolute Gasteiger partial charge is 0.497 e. The van der Waals surface area contributed by atoms with Gasteiger partial charge in [-0.15, -0.1) is 0 Å². The van der Waals surface area contributed by atoms with Crippen LogP contribution < -0.4 is 24.4 Å². The molecule has 0 amide bonds. The van der Waals surface area contributed by atoms with Gasteiger partial charge in [-0.3, -0.25) is 4.79 Å². The van der Waals surface area contributed by atoms with Crippen molar-refractivity contribution in [3.05, 3.63) is 119 Å². The third kappa shape index (κ3) is 5.98. The van der Waals surface area contributed by atoms with Gasteiger partial charge in [0.15, 0.2) is 0 Å². The van der Waals surface area contributed by atoms with Crippen LogP contribution in [0.25, 0.3) is 11.0 Å². The SMILES string of the molecule is COc1ccc(Oc2c(C(F)(F)F)oc3cc(OCc4cccc(Oc5ccccc5)c4)ccc3c2=O)cc1. The molecular formula is C30H21F3O6. The minimum Gasteiger partial charge on any atom is -0.497 e. The van der Waals surface area contributed by atoms with Crippen molar-refractivity contribution in [2.45, 2.75) is 12.8 Å². The molecular weight excluding hydrogens is 513 g/mol. The van der Waals surface area contributed by atoms with Gasteiger partial charge in [0.25, 0.3) is 5.76 Å². The summed E-state index contributed by atoms with van der Waals surface area (Å²) < 4.78 is 68.7. The van der Waals surface area contributed by atoms with E-state index in [0.29, 0.717) is 17.2 Å². The molecule has 0 bridgehead atoms. The number of hydrogen-bond donors (Lipinski definition) is 0. The molecule has 1 aromatic heterocycles. The van der Waals surface area contributed by atoms with Crippen LogP contribution in [0.5, 0.6) is 34.5 Å². The summed E-state index contributed by atoms with van der Waals surface area (Å²) in [7, 11) is 1.45. The van der Waals surface area contributed by atoms with Gasteiger partial charge in [-0.1, -0.05) is 30.3 Å². The minimum atomic E-state index is -4.98. The normalized spacial score (nSPS) is 11.3. The van der Waals surface area contributed by atoms with Crippen molar-refractivity contribution in [3.63, 3.8) is 0 Å². The fourth-order valence-corrected chi connectivity index (χ4v) is 3.78. The molecule has 0 radical (unpaired) electrons. The molecule has 0 spiro atoms. The average Bonchev–Trinajstić information content (AvgIpc) is 2.94. The van der Waals surface area contributed by atoms with Crippen LogP contribution in [0.2, 0.25) is 0 Å². The second kappa shape index (κ2) is 10.8. The number of para-hydroxylation sites is 1. The van der Waals surface area contributed by atoms with Crippen molar-refractivity contribution in [3.8, 4) is 34.5 Å². The van der Waals surface area contributed by atoms with Crippen molar-refractivity contribution in [2.75, 3.05) is 7.11 Å². The molecule has 5 aromatic rings. The Bertz CT molecular complexity index is 1640. The number of halogens is 3.